The largest absolute Gasteiger partial charge is 0.388 e. The van der Waals surface area contributed by atoms with E-state index in [1.165, 1.54) is 57.8 Å². The zero-order chi connectivity index (χ0) is 17.7. The first-order valence-electron chi connectivity index (χ1n) is 10.9. The van der Waals surface area contributed by atoms with Crippen LogP contribution >= 0.6 is 11.8 Å². The lowest BCUT2D eigenvalue weighted by Crippen LogP contribution is -2.56. The molecule has 7 atom stereocenters. The molecule has 144 valence electrons. The Hall–Kier alpha value is 0.270. The van der Waals surface area contributed by atoms with Gasteiger partial charge in [-0.1, -0.05) is 26.7 Å². The first-order chi connectivity index (χ1) is 11.9. The number of fused-ring (bicyclic) bond motifs is 5. The van der Waals surface area contributed by atoms with Crippen molar-refractivity contribution in [3.63, 3.8) is 0 Å². The molecule has 2 nitrogen and oxygen atoms in total. The molecule has 4 fully saturated rings. The van der Waals surface area contributed by atoms with Gasteiger partial charge in [0.05, 0.1) is 5.60 Å². The summed E-state index contributed by atoms with van der Waals surface area (Å²) in [5.74, 6) is 5.44. The summed E-state index contributed by atoms with van der Waals surface area (Å²) in [6.45, 7) is 5.82. The summed E-state index contributed by atoms with van der Waals surface area (Å²) in [4.78, 5) is 0. The zero-order valence-corrected chi connectivity index (χ0v) is 17.3. The van der Waals surface area contributed by atoms with Crippen LogP contribution in [0, 0.1) is 34.5 Å². The Labute approximate surface area is 159 Å². The Morgan fingerprint density at radius 2 is 1.76 bits per heavy atom. The fraction of sp³-hybridized carbons (Fsp3) is 1.00. The van der Waals surface area contributed by atoms with Gasteiger partial charge in [-0.15, -0.1) is 0 Å². The van der Waals surface area contributed by atoms with Crippen molar-refractivity contribution in [3.8, 4) is 0 Å². The highest BCUT2D eigenvalue weighted by Crippen LogP contribution is 2.68. The van der Waals surface area contributed by atoms with Crippen molar-refractivity contribution in [2.75, 3.05) is 18.1 Å². The number of rotatable bonds is 4. The van der Waals surface area contributed by atoms with Crippen LogP contribution in [-0.2, 0) is 0 Å². The summed E-state index contributed by atoms with van der Waals surface area (Å²) in [5, 5.41) is 11.6. The van der Waals surface area contributed by atoms with Crippen LogP contribution < -0.4 is 5.73 Å². The standard InChI is InChI=1S/C22H39NOS/c1-20-10-4-3-5-16(20)6-7-17-18(20)8-11-21(2)19(17)9-12-22(21,24)15-25-14-13-23/h16-19,24H,3-15,23H2,1-2H3/t16-,17-,18+,19-,20+,21+,22-/m1/s1. The summed E-state index contributed by atoms with van der Waals surface area (Å²) >= 11 is 1.88. The summed E-state index contributed by atoms with van der Waals surface area (Å²) in [6.07, 6.45) is 13.7. The monoisotopic (exact) mass is 365 g/mol. The van der Waals surface area contributed by atoms with E-state index in [0.717, 1.165) is 48.1 Å². The molecule has 0 aliphatic heterocycles. The highest BCUT2D eigenvalue weighted by atomic mass is 32.2. The molecule has 0 saturated heterocycles. The number of nitrogens with two attached hydrogens (primary N) is 1. The first-order valence-corrected chi connectivity index (χ1v) is 12.1. The van der Waals surface area contributed by atoms with E-state index in [0.29, 0.717) is 5.41 Å². The molecule has 0 heterocycles. The molecule has 4 aliphatic carbocycles. The predicted molar refractivity (Wildman–Crippen MR) is 108 cm³/mol. The Morgan fingerprint density at radius 1 is 0.960 bits per heavy atom. The molecule has 3 N–H and O–H groups in total. The minimum atomic E-state index is -0.452. The highest BCUT2D eigenvalue weighted by molar-refractivity contribution is 7.99. The van der Waals surface area contributed by atoms with E-state index >= 15 is 0 Å². The Morgan fingerprint density at radius 3 is 2.56 bits per heavy atom. The smallest absolute Gasteiger partial charge is 0.0793 e. The van der Waals surface area contributed by atoms with E-state index in [-0.39, 0.29) is 5.41 Å². The highest BCUT2D eigenvalue weighted by Gasteiger charge is 2.64. The second-order valence-corrected chi connectivity index (χ2v) is 11.4. The zero-order valence-electron chi connectivity index (χ0n) is 16.4. The van der Waals surface area contributed by atoms with Gasteiger partial charge in [0.25, 0.3) is 0 Å². The third-order valence-corrected chi connectivity index (χ3v) is 10.7. The van der Waals surface area contributed by atoms with Gasteiger partial charge < -0.3 is 10.8 Å². The first kappa shape index (κ1) is 18.6. The molecule has 0 aromatic rings. The molecule has 4 aliphatic rings. The lowest BCUT2D eigenvalue weighted by atomic mass is 9.44. The van der Waals surface area contributed by atoms with Crippen LogP contribution in [0.2, 0.25) is 0 Å². The minimum absolute atomic E-state index is 0.146. The molecule has 4 rings (SSSR count). The van der Waals surface area contributed by atoms with Gasteiger partial charge in [0.15, 0.2) is 0 Å². The second-order valence-electron chi connectivity index (χ2n) is 10.3. The molecule has 0 amide bonds. The van der Waals surface area contributed by atoms with E-state index in [4.69, 9.17) is 5.73 Å². The second kappa shape index (κ2) is 6.71. The molecule has 0 aromatic heterocycles. The number of hydrogen-bond donors (Lipinski definition) is 2. The summed E-state index contributed by atoms with van der Waals surface area (Å²) in [5.41, 5.74) is 5.99. The van der Waals surface area contributed by atoms with Gasteiger partial charge >= 0.3 is 0 Å². The summed E-state index contributed by atoms with van der Waals surface area (Å²) < 4.78 is 0. The Kier molecular flexibility index (Phi) is 5.00. The van der Waals surface area contributed by atoms with Crippen molar-refractivity contribution in [1.82, 2.24) is 0 Å². The Bertz CT molecular complexity index is 498. The van der Waals surface area contributed by atoms with Crippen LogP contribution in [0.5, 0.6) is 0 Å². The van der Waals surface area contributed by atoms with Crippen LogP contribution in [0.3, 0.4) is 0 Å². The molecule has 0 bridgehead atoms. The van der Waals surface area contributed by atoms with E-state index in [1.54, 1.807) is 0 Å². The minimum Gasteiger partial charge on any atom is -0.388 e. The van der Waals surface area contributed by atoms with Crippen molar-refractivity contribution in [1.29, 1.82) is 0 Å². The fourth-order valence-electron chi connectivity index (χ4n) is 7.97. The van der Waals surface area contributed by atoms with Crippen LogP contribution in [-0.4, -0.2) is 28.8 Å². The molecule has 0 spiro atoms. The molecule has 4 saturated carbocycles. The third kappa shape index (κ3) is 2.74. The molecular formula is C22H39NOS. The lowest BCUT2D eigenvalue weighted by Gasteiger charge is -2.61. The third-order valence-electron chi connectivity index (χ3n) is 9.51. The molecule has 0 unspecified atom stereocenters. The molecular weight excluding hydrogens is 326 g/mol. The predicted octanol–water partition coefficient (Wildman–Crippen LogP) is 4.84. The van der Waals surface area contributed by atoms with E-state index < -0.39 is 5.60 Å². The molecule has 0 radical (unpaired) electrons. The van der Waals surface area contributed by atoms with Crippen molar-refractivity contribution in [3.05, 3.63) is 0 Å². The van der Waals surface area contributed by atoms with E-state index in [9.17, 15) is 5.11 Å². The average molecular weight is 366 g/mol. The lowest BCUT2D eigenvalue weighted by molar-refractivity contribution is -0.143. The maximum Gasteiger partial charge on any atom is 0.0793 e. The van der Waals surface area contributed by atoms with Gasteiger partial charge in [0, 0.05) is 23.5 Å². The van der Waals surface area contributed by atoms with Crippen LogP contribution in [0.15, 0.2) is 0 Å². The summed E-state index contributed by atoms with van der Waals surface area (Å²) in [6, 6.07) is 0. The fourth-order valence-corrected chi connectivity index (χ4v) is 9.09. The maximum absolute atomic E-state index is 11.6. The molecule has 3 heteroatoms. The van der Waals surface area contributed by atoms with E-state index in [1.807, 2.05) is 11.8 Å². The maximum atomic E-state index is 11.6. The normalized spacial score (nSPS) is 52.3. The molecule has 25 heavy (non-hydrogen) atoms. The van der Waals surface area contributed by atoms with E-state index in [2.05, 4.69) is 13.8 Å². The van der Waals surface area contributed by atoms with Crippen LogP contribution in [0.1, 0.15) is 78.1 Å². The van der Waals surface area contributed by atoms with Crippen molar-refractivity contribution in [2.24, 2.45) is 40.2 Å². The molecule has 0 aromatic carbocycles. The van der Waals surface area contributed by atoms with Gasteiger partial charge in [-0.3, -0.25) is 0 Å². The van der Waals surface area contributed by atoms with Crippen molar-refractivity contribution in [2.45, 2.75) is 83.7 Å². The van der Waals surface area contributed by atoms with Gasteiger partial charge in [-0.25, -0.2) is 0 Å². The van der Waals surface area contributed by atoms with Crippen LogP contribution in [0.25, 0.3) is 0 Å². The topological polar surface area (TPSA) is 46.2 Å². The van der Waals surface area contributed by atoms with Gasteiger partial charge in [0.2, 0.25) is 0 Å². The number of aliphatic hydroxyl groups is 1. The van der Waals surface area contributed by atoms with Gasteiger partial charge in [-0.05, 0) is 80.5 Å². The number of hydrogen-bond acceptors (Lipinski definition) is 3. The van der Waals surface area contributed by atoms with Crippen molar-refractivity contribution < 1.29 is 5.11 Å². The quantitative estimate of drug-likeness (QED) is 0.701. The average Bonchev–Trinajstić information content (AvgIpc) is 2.86. The van der Waals surface area contributed by atoms with Gasteiger partial charge in [0.1, 0.15) is 0 Å². The Balaban J connectivity index is 1.55. The van der Waals surface area contributed by atoms with Crippen molar-refractivity contribution >= 4 is 11.8 Å². The van der Waals surface area contributed by atoms with Crippen LogP contribution in [0.4, 0.5) is 0 Å². The number of thioether (sulfide) groups is 1. The summed E-state index contributed by atoms with van der Waals surface area (Å²) in [7, 11) is 0. The van der Waals surface area contributed by atoms with Gasteiger partial charge in [-0.2, -0.15) is 11.8 Å². The SMILES string of the molecule is C[C@]12CCCC[C@@H]1CC[C@H]1[C@H]3CC[C@@](O)(CSCCN)[C@@]3(C)CC[C@@H]12.